The fourth-order valence-electron chi connectivity index (χ4n) is 5.22. The number of rotatable bonds is 0. The largest absolute Gasteiger partial charge is 0.393 e. The van der Waals surface area contributed by atoms with Crippen LogP contribution in [0.25, 0.3) is 0 Å². The van der Waals surface area contributed by atoms with Gasteiger partial charge >= 0.3 is 0 Å². The number of aliphatic hydroxyl groups excluding tert-OH is 1. The van der Waals surface area contributed by atoms with Crippen LogP contribution in [0.1, 0.15) is 38.5 Å². The third kappa shape index (κ3) is 1.83. The minimum Gasteiger partial charge on any atom is -0.393 e. The van der Waals surface area contributed by atoms with Gasteiger partial charge in [0.05, 0.1) is 6.10 Å². The molecule has 4 rings (SSSR count). The second kappa shape index (κ2) is 4.46. The summed E-state index contributed by atoms with van der Waals surface area (Å²) in [6.07, 6.45) is 7.76. The quantitative estimate of drug-likeness (QED) is 0.702. The van der Waals surface area contributed by atoms with Crippen LogP contribution in [0.3, 0.4) is 0 Å². The molecular weight excluding hydrogens is 224 g/mol. The highest BCUT2D eigenvalue weighted by molar-refractivity contribution is 5.01. The third-order valence-corrected chi connectivity index (χ3v) is 6.03. The maximum absolute atomic E-state index is 9.94. The molecule has 0 radical (unpaired) electrons. The van der Waals surface area contributed by atoms with Gasteiger partial charge in [-0.1, -0.05) is 6.42 Å². The van der Waals surface area contributed by atoms with E-state index in [1.807, 2.05) is 0 Å². The summed E-state index contributed by atoms with van der Waals surface area (Å²) in [6.45, 7) is 5.11. The van der Waals surface area contributed by atoms with E-state index in [0.29, 0.717) is 6.04 Å². The van der Waals surface area contributed by atoms with Crippen molar-refractivity contribution >= 4 is 0 Å². The first-order chi connectivity index (χ1) is 8.81. The molecule has 0 aromatic rings. The summed E-state index contributed by atoms with van der Waals surface area (Å²) in [5.74, 6) is 1.77. The van der Waals surface area contributed by atoms with Gasteiger partial charge in [0, 0.05) is 31.7 Å². The first kappa shape index (κ1) is 11.7. The van der Waals surface area contributed by atoms with Crippen LogP contribution in [-0.4, -0.2) is 59.3 Å². The van der Waals surface area contributed by atoms with Crippen molar-refractivity contribution in [2.45, 2.75) is 56.7 Å². The van der Waals surface area contributed by atoms with Gasteiger partial charge in [0.15, 0.2) is 0 Å². The zero-order valence-electron chi connectivity index (χ0n) is 11.3. The van der Waals surface area contributed by atoms with Crippen molar-refractivity contribution in [2.24, 2.45) is 11.8 Å². The highest BCUT2D eigenvalue weighted by atomic mass is 16.3. The molecule has 4 saturated heterocycles. The zero-order chi connectivity index (χ0) is 12.1. The Morgan fingerprint density at radius 3 is 2.44 bits per heavy atom. The van der Waals surface area contributed by atoms with E-state index in [0.717, 1.165) is 37.3 Å². The summed E-state index contributed by atoms with van der Waals surface area (Å²) in [7, 11) is 0. The van der Waals surface area contributed by atoms with Gasteiger partial charge in [0.25, 0.3) is 0 Å². The molecule has 0 saturated carbocycles. The van der Waals surface area contributed by atoms with E-state index in [-0.39, 0.29) is 6.10 Å². The highest BCUT2D eigenvalue weighted by Gasteiger charge is 2.47. The first-order valence-electron chi connectivity index (χ1n) is 7.97. The number of piperidine rings is 4. The van der Waals surface area contributed by atoms with Crippen LogP contribution in [0.5, 0.6) is 0 Å². The molecule has 4 aliphatic rings. The van der Waals surface area contributed by atoms with Crippen molar-refractivity contribution in [3.8, 4) is 0 Å². The van der Waals surface area contributed by atoms with Crippen LogP contribution in [0.15, 0.2) is 0 Å². The summed E-state index contributed by atoms with van der Waals surface area (Å²) in [6, 6.07) is 1.58. The molecule has 18 heavy (non-hydrogen) atoms. The zero-order valence-corrected chi connectivity index (χ0v) is 11.3. The molecule has 0 spiro atoms. The van der Waals surface area contributed by atoms with Gasteiger partial charge in [-0.15, -0.1) is 0 Å². The fourth-order valence-corrected chi connectivity index (χ4v) is 5.22. The lowest BCUT2D eigenvalue weighted by Crippen LogP contribution is -2.64. The molecule has 3 nitrogen and oxygen atoms in total. The summed E-state index contributed by atoms with van der Waals surface area (Å²) in [5, 5.41) is 9.94. The highest BCUT2D eigenvalue weighted by Crippen LogP contribution is 2.42. The van der Waals surface area contributed by atoms with Crippen LogP contribution in [0.4, 0.5) is 0 Å². The number of fused-ring (bicyclic) bond motifs is 6. The van der Waals surface area contributed by atoms with E-state index < -0.39 is 0 Å². The average molecular weight is 250 g/mol. The summed E-state index contributed by atoms with van der Waals surface area (Å²) in [5.41, 5.74) is 0. The Bertz CT molecular complexity index is 322. The van der Waals surface area contributed by atoms with E-state index in [4.69, 9.17) is 0 Å². The van der Waals surface area contributed by atoms with E-state index in [1.54, 1.807) is 0 Å². The fraction of sp³-hybridized carbons (Fsp3) is 1.00. The molecule has 3 heteroatoms. The van der Waals surface area contributed by atoms with Gasteiger partial charge in [0.2, 0.25) is 0 Å². The second-order valence-corrected chi connectivity index (χ2v) is 7.05. The Hall–Kier alpha value is -0.120. The predicted molar refractivity (Wildman–Crippen MR) is 71.4 cm³/mol. The molecule has 102 valence electrons. The van der Waals surface area contributed by atoms with E-state index in [9.17, 15) is 5.11 Å². The number of hydrogen-bond acceptors (Lipinski definition) is 3. The summed E-state index contributed by atoms with van der Waals surface area (Å²) in [4.78, 5) is 5.51. The number of nitrogens with zero attached hydrogens (tertiary/aromatic N) is 2. The topological polar surface area (TPSA) is 26.7 Å². The van der Waals surface area contributed by atoms with Crippen molar-refractivity contribution in [3.63, 3.8) is 0 Å². The van der Waals surface area contributed by atoms with Crippen molar-refractivity contribution in [1.82, 2.24) is 9.80 Å². The van der Waals surface area contributed by atoms with E-state index in [2.05, 4.69) is 9.80 Å². The molecule has 5 atom stereocenters. The first-order valence-corrected chi connectivity index (χ1v) is 7.97. The Morgan fingerprint density at radius 2 is 1.56 bits per heavy atom. The normalized spacial score (nSPS) is 49.5. The number of hydrogen-bond donors (Lipinski definition) is 1. The molecule has 4 heterocycles. The molecule has 0 aromatic carbocycles. The average Bonchev–Trinajstić information content (AvgIpc) is 2.40. The lowest BCUT2D eigenvalue weighted by Gasteiger charge is -2.57. The van der Waals surface area contributed by atoms with Crippen molar-refractivity contribution in [2.75, 3.05) is 26.2 Å². The van der Waals surface area contributed by atoms with E-state index in [1.165, 1.54) is 45.3 Å². The Balaban J connectivity index is 1.55. The lowest BCUT2D eigenvalue weighted by molar-refractivity contribution is -0.0900. The Labute approximate surface area is 110 Å². The number of aliphatic hydroxyl groups is 1. The maximum Gasteiger partial charge on any atom is 0.0567 e. The minimum absolute atomic E-state index is 0.0260. The van der Waals surface area contributed by atoms with Crippen LogP contribution in [0, 0.1) is 11.8 Å². The second-order valence-electron chi connectivity index (χ2n) is 7.05. The monoisotopic (exact) mass is 250 g/mol. The Morgan fingerprint density at radius 1 is 0.778 bits per heavy atom. The lowest BCUT2D eigenvalue weighted by atomic mass is 9.70. The van der Waals surface area contributed by atoms with Crippen molar-refractivity contribution < 1.29 is 5.11 Å². The third-order valence-electron chi connectivity index (χ3n) is 6.03. The molecular formula is C15H26N2O. The predicted octanol–water partition coefficient (Wildman–Crippen LogP) is 1.32. The van der Waals surface area contributed by atoms with Crippen LogP contribution in [-0.2, 0) is 0 Å². The maximum atomic E-state index is 9.94. The van der Waals surface area contributed by atoms with Gasteiger partial charge in [-0.2, -0.15) is 0 Å². The summed E-state index contributed by atoms with van der Waals surface area (Å²) >= 11 is 0. The minimum atomic E-state index is -0.0260. The van der Waals surface area contributed by atoms with Crippen molar-refractivity contribution in [1.29, 1.82) is 0 Å². The molecule has 0 unspecified atom stereocenters. The van der Waals surface area contributed by atoms with E-state index >= 15 is 0 Å². The molecule has 0 aliphatic carbocycles. The molecule has 4 fully saturated rings. The van der Waals surface area contributed by atoms with Gasteiger partial charge in [0.1, 0.15) is 0 Å². The van der Waals surface area contributed by atoms with Crippen molar-refractivity contribution in [3.05, 3.63) is 0 Å². The van der Waals surface area contributed by atoms with Crippen LogP contribution < -0.4 is 0 Å². The molecule has 4 aliphatic heterocycles. The van der Waals surface area contributed by atoms with Gasteiger partial charge in [-0.25, -0.2) is 0 Å². The summed E-state index contributed by atoms with van der Waals surface area (Å²) < 4.78 is 0. The van der Waals surface area contributed by atoms with Gasteiger partial charge < -0.3 is 5.11 Å². The standard InChI is InChI=1S/C15H26N2O/c18-13-4-6-17-9-11-7-12(15(17)8-13)10-16-5-2-1-3-14(11)16/h11-15,18H,1-10H2/t11-,12+,13-,14-,15+/m0/s1. The molecule has 1 N–H and O–H groups in total. The molecule has 0 amide bonds. The van der Waals surface area contributed by atoms with Crippen LogP contribution >= 0.6 is 0 Å². The van der Waals surface area contributed by atoms with Crippen LogP contribution in [0.2, 0.25) is 0 Å². The Kier molecular flexibility index (Phi) is 2.90. The van der Waals surface area contributed by atoms with Gasteiger partial charge in [-0.05, 0) is 50.5 Å². The van der Waals surface area contributed by atoms with Gasteiger partial charge in [-0.3, -0.25) is 9.80 Å². The SMILES string of the molecule is O[C@H]1CCN2C[C@@H]3C[C@H](CN4CCCC[C@@H]34)[C@H]2C1. The molecule has 0 aromatic heterocycles. The molecule has 2 bridgehead atoms. The smallest absolute Gasteiger partial charge is 0.0567 e.